The molecule has 5 nitrogen and oxygen atoms in total. The summed E-state index contributed by atoms with van der Waals surface area (Å²) in [5.74, 6) is 0. The van der Waals surface area contributed by atoms with Crippen molar-refractivity contribution in [3.63, 3.8) is 0 Å². The minimum Gasteiger partial charge on any atom is -0.302 e. The second-order valence-electron chi connectivity index (χ2n) is 8.19. The second-order valence-corrected chi connectivity index (χ2v) is 9.64. The quantitative estimate of drug-likeness (QED) is 0.0928. The molecule has 178 valence electrons. The van der Waals surface area contributed by atoms with E-state index in [0.29, 0.717) is 6.54 Å². The summed E-state index contributed by atoms with van der Waals surface area (Å²) in [6.45, 7) is 3.20. The van der Waals surface area contributed by atoms with E-state index in [9.17, 15) is 9.46 Å². The van der Waals surface area contributed by atoms with Gasteiger partial charge in [-0.15, -0.1) is 0 Å². The molecule has 0 aliphatic heterocycles. The van der Waals surface area contributed by atoms with Crippen LogP contribution in [0, 0.1) is 0 Å². The highest BCUT2D eigenvalue weighted by atomic mass is 31.2. The fraction of sp³-hybridized carbons (Fsp3) is 0.720. The molecule has 0 radical (unpaired) electrons. The van der Waals surface area contributed by atoms with Crippen molar-refractivity contribution in [1.82, 2.24) is 0 Å². The number of unbranched alkanes of at least 4 members (excludes halogenated alkanes) is 12. The highest BCUT2D eigenvalue weighted by Gasteiger charge is 2.21. The van der Waals surface area contributed by atoms with Crippen LogP contribution in [-0.2, 0) is 20.2 Å². The Morgan fingerprint density at radius 3 is 1.87 bits per heavy atom. The van der Waals surface area contributed by atoms with E-state index >= 15 is 0 Å². The first-order chi connectivity index (χ1) is 15.1. The lowest BCUT2D eigenvalue weighted by molar-refractivity contribution is -0.697. The summed E-state index contributed by atoms with van der Waals surface area (Å²) in [7, 11) is -3.94. The summed E-state index contributed by atoms with van der Waals surface area (Å²) in [6.07, 6.45) is 25.8. The lowest BCUT2D eigenvalue weighted by atomic mass is 10.1. The SMILES string of the molecule is CCCCCCCCC=CCCCCCCCCOP(=O)(O)OCC[n+]1ccccc1. The molecule has 1 heterocycles. The zero-order valence-electron chi connectivity index (χ0n) is 19.6. The van der Waals surface area contributed by atoms with Gasteiger partial charge in [0.2, 0.25) is 0 Å². The van der Waals surface area contributed by atoms with Crippen LogP contribution >= 0.6 is 7.82 Å². The number of phosphoric acid groups is 1. The Balaban J connectivity index is 1.85. The fourth-order valence-corrected chi connectivity index (χ4v) is 4.16. The molecule has 31 heavy (non-hydrogen) atoms. The van der Waals surface area contributed by atoms with E-state index < -0.39 is 7.82 Å². The molecule has 1 unspecified atom stereocenters. The summed E-state index contributed by atoms with van der Waals surface area (Å²) in [4.78, 5) is 9.71. The van der Waals surface area contributed by atoms with Gasteiger partial charge in [-0.25, -0.2) is 9.13 Å². The minimum atomic E-state index is -3.94. The number of hydrogen-bond donors (Lipinski definition) is 1. The third kappa shape index (κ3) is 18.3. The van der Waals surface area contributed by atoms with Crippen molar-refractivity contribution >= 4 is 7.82 Å². The van der Waals surface area contributed by atoms with Crippen LogP contribution in [-0.4, -0.2) is 18.1 Å². The van der Waals surface area contributed by atoms with Gasteiger partial charge in [0.25, 0.3) is 0 Å². The van der Waals surface area contributed by atoms with Crippen LogP contribution in [0.3, 0.4) is 0 Å². The molecule has 1 atom stereocenters. The normalized spacial score (nSPS) is 13.6. The van der Waals surface area contributed by atoms with Crippen LogP contribution < -0.4 is 4.57 Å². The average Bonchev–Trinajstić information content (AvgIpc) is 2.76. The zero-order chi connectivity index (χ0) is 22.5. The minimum absolute atomic E-state index is 0.149. The lowest BCUT2D eigenvalue weighted by Crippen LogP contribution is -2.34. The molecule has 0 amide bonds. The number of hydrogen-bond acceptors (Lipinski definition) is 3. The van der Waals surface area contributed by atoms with Crippen molar-refractivity contribution in [3.8, 4) is 0 Å². The standard InChI is InChI=1S/C25H44NO4P/c1-2-3-4-5-6-7-8-9-10-11-12-13-14-15-16-20-24-29-31(27,28)30-25-23-26-21-18-17-19-22-26/h9-10,17-19,21-22H,2-8,11-16,20,23-25H2,1H3/p+1. The topological polar surface area (TPSA) is 59.6 Å². The maximum atomic E-state index is 11.9. The van der Waals surface area contributed by atoms with Gasteiger partial charge in [-0.3, -0.25) is 9.05 Å². The Bertz CT molecular complexity index is 594. The van der Waals surface area contributed by atoms with E-state index in [4.69, 9.17) is 9.05 Å². The summed E-state index contributed by atoms with van der Waals surface area (Å²) in [5.41, 5.74) is 0. The van der Waals surface area contributed by atoms with Gasteiger partial charge >= 0.3 is 7.82 Å². The van der Waals surface area contributed by atoms with Gasteiger partial charge in [0.1, 0.15) is 6.61 Å². The second kappa shape index (κ2) is 19.7. The Morgan fingerprint density at radius 1 is 0.742 bits per heavy atom. The molecule has 0 aliphatic carbocycles. The molecule has 0 spiro atoms. The molecule has 0 aromatic carbocycles. The molecule has 1 aromatic heterocycles. The molecule has 1 rings (SSSR count). The Labute approximate surface area is 190 Å². The maximum Gasteiger partial charge on any atom is 0.472 e. The molecular formula is C25H45NO4P+. The van der Waals surface area contributed by atoms with Crippen LogP contribution in [0.5, 0.6) is 0 Å². The van der Waals surface area contributed by atoms with Crippen molar-refractivity contribution < 1.29 is 23.1 Å². The van der Waals surface area contributed by atoms with Gasteiger partial charge in [0.15, 0.2) is 18.9 Å². The summed E-state index contributed by atoms with van der Waals surface area (Å²) in [6, 6.07) is 5.73. The predicted molar refractivity (Wildman–Crippen MR) is 128 cm³/mol. The van der Waals surface area contributed by atoms with E-state index in [1.807, 2.05) is 35.2 Å². The van der Waals surface area contributed by atoms with Gasteiger partial charge in [-0.1, -0.05) is 82.9 Å². The first-order valence-corrected chi connectivity index (χ1v) is 13.8. The first kappa shape index (κ1) is 28.0. The van der Waals surface area contributed by atoms with Gasteiger partial charge in [-0.2, -0.15) is 0 Å². The van der Waals surface area contributed by atoms with Gasteiger partial charge < -0.3 is 4.89 Å². The van der Waals surface area contributed by atoms with Crippen molar-refractivity contribution in [2.75, 3.05) is 13.2 Å². The Hall–Kier alpha value is -1.00. The number of phosphoric ester groups is 1. The number of rotatable bonds is 21. The molecule has 6 heteroatoms. The van der Waals surface area contributed by atoms with Crippen molar-refractivity contribution in [1.29, 1.82) is 0 Å². The van der Waals surface area contributed by atoms with Gasteiger partial charge in [0, 0.05) is 12.1 Å². The number of pyridine rings is 1. The van der Waals surface area contributed by atoms with Gasteiger partial charge in [0.05, 0.1) is 6.61 Å². The van der Waals surface area contributed by atoms with E-state index in [1.165, 1.54) is 70.6 Å². The van der Waals surface area contributed by atoms with Crippen LogP contribution in [0.15, 0.2) is 42.7 Å². The van der Waals surface area contributed by atoms with E-state index in [0.717, 1.165) is 19.3 Å². The molecule has 0 saturated carbocycles. The molecule has 0 fully saturated rings. The first-order valence-electron chi connectivity index (χ1n) is 12.3. The van der Waals surface area contributed by atoms with Gasteiger partial charge in [-0.05, 0) is 32.1 Å². The summed E-state index contributed by atoms with van der Waals surface area (Å²) >= 11 is 0. The highest BCUT2D eigenvalue weighted by Crippen LogP contribution is 2.43. The van der Waals surface area contributed by atoms with E-state index in [-0.39, 0.29) is 13.2 Å². The van der Waals surface area contributed by atoms with Crippen molar-refractivity contribution in [2.45, 2.75) is 103 Å². The number of nitrogens with zero attached hydrogens (tertiary/aromatic N) is 1. The molecule has 0 bridgehead atoms. The van der Waals surface area contributed by atoms with Crippen LogP contribution in [0.2, 0.25) is 0 Å². The van der Waals surface area contributed by atoms with Crippen LogP contribution in [0.1, 0.15) is 96.8 Å². The summed E-state index contributed by atoms with van der Waals surface area (Å²) in [5, 5.41) is 0. The Morgan fingerprint density at radius 2 is 1.26 bits per heavy atom. The van der Waals surface area contributed by atoms with Crippen molar-refractivity contribution in [2.24, 2.45) is 0 Å². The highest BCUT2D eigenvalue weighted by molar-refractivity contribution is 7.47. The van der Waals surface area contributed by atoms with E-state index in [2.05, 4.69) is 19.1 Å². The third-order valence-electron chi connectivity index (χ3n) is 5.29. The molecule has 0 aliphatic rings. The number of allylic oxidation sites excluding steroid dienone is 2. The third-order valence-corrected chi connectivity index (χ3v) is 6.31. The zero-order valence-corrected chi connectivity index (χ0v) is 20.5. The van der Waals surface area contributed by atoms with E-state index in [1.54, 1.807) is 0 Å². The maximum absolute atomic E-state index is 11.9. The average molecular weight is 455 g/mol. The van der Waals surface area contributed by atoms with Crippen LogP contribution in [0.25, 0.3) is 0 Å². The monoisotopic (exact) mass is 454 g/mol. The molecule has 0 saturated heterocycles. The number of aromatic nitrogens is 1. The largest absolute Gasteiger partial charge is 0.472 e. The Kier molecular flexibility index (Phi) is 17.8. The molecular weight excluding hydrogens is 409 g/mol. The van der Waals surface area contributed by atoms with Crippen molar-refractivity contribution in [3.05, 3.63) is 42.7 Å². The van der Waals surface area contributed by atoms with Crippen LogP contribution in [0.4, 0.5) is 0 Å². The fourth-order valence-electron chi connectivity index (χ4n) is 3.41. The smallest absolute Gasteiger partial charge is 0.302 e. The summed E-state index contributed by atoms with van der Waals surface area (Å²) < 4.78 is 23.8. The lowest BCUT2D eigenvalue weighted by Gasteiger charge is -2.11. The molecule has 1 N–H and O–H groups in total. The predicted octanol–water partition coefficient (Wildman–Crippen LogP) is 7.15. The molecule has 1 aromatic rings.